The average molecular weight is 375 g/mol. The minimum absolute atomic E-state index is 0.149. The summed E-state index contributed by atoms with van der Waals surface area (Å²) in [7, 11) is 1.54. The molecule has 9 nitrogen and oxygen atoms in total. The standard InChI is InChI=1S/C18H21N3O6/c1-3-8-20-16(23)17(24)21(18(20)25)10-15(22)19(2)9-12-11-26-13-6-4-5-7-14(13)27-12/h4-7,12H,3,8-11H2,1-2H3/t12-/m0/s1. The molecule has 0 aliphatic carbocycles. The molecular weight excluding hydrogens is 354 g/mol. The molecule has 1 saturated heterocycles. The van der Waals surface area contributed by atoms with Crippen LogP contribution in [0.15, 0.2) is 24.3 Å². The summed E-state index contributed by atoms with van der Waals surface area (Å²) in [5.74, 6) is -1.09. The lowest BCUT2D eigenvalue weighted by molar-refractivity contribution is -0.144. The fraction of sp³-hybridized carbons (Fsp3) is 0.444. The summed E-state index contributed by atoms with van der Waals surface area (Å²) in [6.07, 6.45) is 0.157. The monoisotopic (exact) mass is 375 g/mol. The van der Waals surface area contributed by atoms with Gasteiger partial charge in [-0.3, -0.25) is 19.3 Å². The molecule has 1 fully saturated rings. The fourth-order valence-corrected chi connectivity index (χ4v) is 2.93. The molecule has 2 aliphatic heterocycles. The first-order valence-electron chi connectivity index (χ1n) is 8.72. The normalized spacial score (nSPS) is 18.9. The van der Waals surface area contributed by atoms with Gasteiger partial charge in [0.2, 0.25) is 5.91 Å². The number of urea groups is 1. The van der Waals surface area contributed by atoms with E-state index < -0.39 is 30.3 Å². The van der Waals surface area contributed by atoms with Gasteiger partial charge in [-0.05, 0) is 18.6 Å². The number of fused-ring (bicyclic) bond motifs is 1. The van der Waals surface area contributed by atoms with E-state index in [0.717, 1.165) is 4.90 Å². The highest BCUT2D eigenvalue weighted by Gasteiger charge is 2.45. The van der Waals surface area contributed by atoms with E-state index in [0.29, 0.717) is 22.8 Å². The molecule has 2 heterocycles. The molecule has 0 radical (unpaired) electrons. The molecule has 144 valence electrons. The Morgan fingerprint density at radius 3 is 2.52 bits per heavy atom. The first-order chi connectivity index (χ1) is 12.9. The van der Waals surface area contributed by atoms with E-state index in [1.807, 2.05) is 12.1 Å². The molecule has 0 unspecified atom stereocenters. The molecule has 0 spiro atoms. The molecule has 9 heteroatoms. The first-order valence-corrected chi connectivity index (χ1v) is 8.72. The maximum atomic E-state index is 12.4. The van der Waals surface area contributed by atoms with Crippen LogP contribution in [-0.2, 0) is 14.4 Å². The van der Waals surface area contributed by atoms with E-state index in [9.17, 15) is 19.2 Å². The Bertz CT molecular complexity index is 780. The topological polar surface area (TPSA) is 96.5 Å². The van der Waals surface area contributed by atoms with Gasteiger partial charge in [-0.2, -0.15) is 0 Å². The predicted molar refractivity (Wildman–Crippen MR) is 93.1 cm³/mol. The molecule has 0 aromatic heterocycles. The Morgan fingerprint density at radius 1 is 1.15 bits per heavy atom. The number of benzene rings is 1. The summed E-state index contributed by atoms with van der Waals surface area (Å²) in [5.41, 5.74) is 0. The minimum atomic E-state index is -0.971. The zero-order chi connectivity index (χ0) is 19.6. The van der Waals surface area contributed by atoms with Gasteiger partial charge in [-0.1, -0.05) is 19.1 Å². The van der Waals surface area contributed by atoms with Crippen molar-refractivity contribution in [1.29, 1.82) is 0 Å². The summed E-state index contributed by atoms with van der Waals surface area (Å²) in [4.78, 5) is 51.4. The Labute approximate surface area is 156 Å². The highest BCUT2D eigenvalue weighted by Crippen LogP contribution is 2.30. The van der Waals surface area contributed by atoms with Crippen molar-refractivity contribution in [3.8, 4) is 11.5 Å². The van der Waals surface area contributed by atoms with Crippen LogP contribution in [0.5, 0.6) is 11.5 Å². The number of imide groups is 2. The van der Waals surface area contributed by atoms with Crippen LogP contribution >= 0.6 is 0 Å². The van der Waals surface area contributed by atoms with Crippen molar-refractivity contribution >= 4 is 23.8 Å². The zero-order valence-electron chi connectivity index (χ0n) is 15.2. The number of carbonyl (C=O) groups is 4. The molecule has 0 saturated carbocycles. The van der Waals surface area contributed by atoms with Crippen LogP contribution in [0.4, 0.5) is 4.79 Å². The Kier molecular flexibility index (Phi) is 5.29. The Balaban J connectivity index is 1.58. The number of likely N-dealkylation sites (N-methyl/N-ethyl adjacent to an activating group) is 1. The number of hydrogen-bond acceptors (Lipinski definition) is 6. The summed E-state index contributed by atoms with van der Waals surface area (Å²) in [5, 5.41) is 0. The quantitative estimate of drug-likeness (QED) is 0.530. The number of para-hydroxylation sites is 2. The van der Waals surface area contributed by atoms with E-state index in [4.69, 9.17) is 9.47 Å². The van der Waals surface area contributed by atoms with Crippen molar-refractivity contribution in [1.82, 2.24) is 14.7 Å². The molecule has 2 aliphatic rings. The van der Waals surface area contributed by atoms with Crippen LogP contribution in [0.3, 0.4) is 0 Å². The third kappa shape index (κ3) is 3.71. The zero-order valence-corrected chi connectivity index (χ0v) is 15.2. The van der Waals surface area contributed by atoms with Crippen molar-refractivity contribution < 1.29 is 28.7 Å². The number of hydrogen-bond donors (Lipinski definition) is 0. The number of ether oxygens (including phenoxy) is 2. The minimum Gasteiger partial charge on any atom is -0.486 e. The van der Waals surface area contributed by atoms with Gasteiger partial charge in [-0.15, -0.1) is 0 Å². The molecule has 1 aromatic carbocycles. The van der Waals surface area contributed by atoms with Crippen LogP contribution < -0.4 is 9.47 Å². The van der Waals surface area contributed by atoms with Gasteiger partial charge in [0.1, 0.15) is 13.2 Å². The Hall–Kier alpha value is -3.10. The van der Waals surface area contributed by atoms with Crippen molar-refractivity contribution in [3.05, 3.63) is 24.3 Å². The highest BCUT2D eigenvalue weighted by molar-refractivity contribution is 6.45. The van der Waals surface area contributed by atoms with Gasteiger partial charge in [0.25, 0.3) is 0 Å². The van der Waals surface area contributed by atoms with E-state index in [-0.39, 0.29) is 25.8 Å². The van der Waals surface area contributed by atoms with Crippen LogP contribution in [0.25, 0.3) is 0 Å². The molecule has 5 amide bonds. The maximum Gasteiger partial charge on any atom is 0.334 e. The largest absolute Gasteiger partial charge is 0.486 e. The molecule has 0 bridgehead atoms. The van der Waals surface area contributed by atoms with E-state index in [1.54, 1.807) is 26.1 Å². The second kappa shape index (κ2) is 7.65. The summed E-state index contributed by atoms with van der Waals surface area (Å²) < 4.78 is 11.4. The number of amides is 5. The van der Waals surface area contributed by atoms with Gasteiger partial charge < -0.3 is 14.4 Å². The van der Waals surface area contributed by atoms with Gasteiger partial charge in [0.15, 0.2) is 17.6 Å². The van der Waals surface area contributed by atoms with Crippen LogP contribution in [0.2, 0.25) is 0 Å². The van der Waals surface area contributed by atoms with Crippen molar-refractivity contribution in [3.63, 3.8) is 0 Å². The molecule has 27 heavy (non-hydrogen) atoms. The van der Waals surface area contributed by atoms with Gasteiger partial charge in [-0.25, -0.2) is 9.69 Å². The smallest absolute Gasteiger partial charge is 0.334 e. The lowest BCUT2D eigenvalue weighted by atomic mass is 10.2. The third-order valence-electron chi connectivity index (χ3n) is 4.35. The van der Waals surface area contributed by atoms with Gasteiger partial charge >= 0.3 is 17.8 Å². The number of carbonyl (C=O) groups excluding carboxylic acids is 4. The van der Waals surface area contributed by atoms with Crippen molar-refractivity contribution in [2.75, 3.05) is 33.3 Å². The van der Waals surface area contributed by atoms with Crippen LogP contribution in [-0.4, -0.2) is 77.8 Å². The molecular formula is C18H21N3O6. The maximum absolute atomic E-state index is 12.4. The lowest BCUT2D eigenvalue weighted by Crippen LogP contribution is -2.46. The SMILES string of the molecule is CCCN1C(=O)C(=O)N(CC(=O)N(C)C[C@H]2COc3ccccc3O2)C1=O. The van der Waals surface area contributed by atoms with E-state index in [2.05, 4.69) is 0 Å². The summed E-state index contributed by atoms with van der Waals surface area (Å²) in [6.45, 7) is 1.95. The predicted octanol–water partition coefficient (Wildman–Crippen LogP) is 0.486. The average Bonchev–Trinajstić information content (AvgIpc) is 2.86. The second-order valence-electron chi connectivity index (χ2n) is 6.40. The fourth-order valence-electron chi connectivity index (χ4n) is 2.93. The van der Waals surface area contributed by atoms with Crippen LogP contribution in [0.1, 0.15) is 13.3 Å². The summed E-state index contributed by atoms with van der Waals surface area (Å²) >= 11 is 0. The third-order valence-corrected chi connectivity index (χ3v) is 4.35. The van der Waals surface area contributed by atoms with Gasteiger partial charge in [0, 0.05) is 13.6 Å². The molecule has 1 aromatic rings. The van der Waals surface area contributed by atoms with E-state index >= 15 is 0 Å². The van der Waals surface area contributed by atoms with Crippen molar-refractivity contribution in [2.24, 2.45) is 0 Å². The van der Waals surface area contributed by atoms with E-state index in [1.165, 1.54) is 4.90 Å². The van der Waals surface area contributed by atoms with Crippen LogP contribution in [0, 0.1) is 0 Å². The lowest BCUT2D eigenvalue weighted by Gasteiger charge is -2.30. The molecule has 0 N–H and O–H groups in total. The number of nitrogens with zero attached hydrogens (tertiary/aromatic N) is 3. The second-order valence-corrected chi connectivity index (χ2v) is 6.40. The Morgan fingerprint density at radius 2 is 1.81 bits per heavy atom. The first kappa shape index (κ1) is 18.7. The number of rotatable bonds is 6. The molecule has 1 atom stereocenters. The van der Waals surface area contributed by atoms with Crippen molar-refractivity contribution in [2.45, 2.75) is 19.4 Å². The summed E-state index contributed by atoms with van der Waals surface area (Å²) in [6, 6.07) is 6.48. The highest BCUT2D eigenvalue weighted by atomic mass is 16.6. The van der Waals surface area contributed by atoms with Gasteiger partial charge in [0.05, 0.1) is 6.54 Å². The molecule has 3 rings (SSSR count).